The molecule has 1 amide bonds. The molecular weight excluding hydrogens is 341 g/mol. The van der Waals surface area contributed by atoms with Gasteiger partial charge in [0.2, 0.25) is 5.91 Å². The molecule has 20 heavy (non-hydrogen) atoms. The van der Waals surface area contributed by atoms with E-state index in [9.17, 15) is 18.0 Å². The molecule has 1 aromatic rings. The summed E-state index contributed by atoms with van der Waals surface area (Å²) in [6, 6.07) is 3.45. The van der Waals surface area contributed by atoms with Crippen molar-refractivity contribution in [2.45, 2.75) is 26.3 Å². The van der Waals surface area contributed by atoms with Crippen LogP contribution in [0.25, 0.3) is 0 Å². The lowest BCUT2D eigenvalue weighted by molar-refractivity contribution is -0.274. The maximum absolute atomic E-state index is 12.3. The van der Waals surface area contributed by atoms with E-state index < -0.39 is 18.2 Å². The van der Waals surface area contributed by atoms with Gasteiger partial charge in [0, 0.05) is 11.0 Å². The highest BCUT2D eigenvalue weighted by molar-refractivity contribution is 9.10. The summed E-state index contributed by atoms with van der Waals surface area (Å²) in [6.45, 7) is 3.74. The average Bonchev–Trinajstić information content (AvgIpc) is 2.30. The van der Waals surface area contributed by atoms with Gasteiger partial charge in [0.05, 0.1) is 5.69 Å². The van der Waals surface area contributed by atoms with Crippen LogP contribution in [0.15, 0.2) is 22.7 Å². The van der Waals surface area contributed by atoms with E-state index in [1.807, 2.05) is 0 Å². The third-order valence-electron chi connectivity index (χ3n) is 2.29. The van der Waals surface area contributed by atoms with Gasteiger partial charge in [-0.1, -0.05) is 15.9 Å². The number of carbonyl (C=O) groups excluding carboxylic acids is 1. The molecule has 1 aromatic carbocycles. The van der Waals surface area contributed by atoms with E-state index in [4.69, 9.17) is 0 Å². The van der Waals surface area contributed by atoms with Gasteiger partial charge in [-0.15, -0.1) is 13.2 Å². The Morgan fingerprint density at radius 3 is 2.65 bits per heavy atom. The number of alkyl halides is 3. The predicted octanol–water partition coefficient (Wildman–Crippen LogP) is 3.28. The Labute approximate surface area is 122 Å². The van der Waals surface area contributed by atoms with Gasteiger partial charge >= 0.3 is 6.36 Å². The SMILES string of the molecule is CCNC(=O)C(C)Nc1ccc(Br)cc1OC(F)(F)F. The summed E-state index contributed by atoms with van der Waals surface area (Å²) >= 11 is 3.07. The molecule has 0 fully saturated rings. The molecule has 8 heteroatoms. The van der Waals surface area contributed by atoms with Crippen LogP contribution >= 0.6 is 15.9 Å². The minimum absolute atomic E-state index is 0.0873. The van der Waals surface area contributed by atoms with E-state index in [1.54, 1.807) is 19.9 Å². The van der Waals surface area contributed by atoms with Crippen LogP contribution in [0.5, 0.6) is 5.75 Å². The molecule has 0 aliphatic rings. The summed E-state index contributed by atoms with van der Waals surface area (Å²) < 4.78 is 41.3. The molecule has 112 valence electrons. The Morgan fingerprint density at radius 1 is 1.45 bits per heavy atom. The predicted molar refractivity (Wildman–Crippen MR) is 72.6 cm³/mol. The third-order valence-corrected chi connectivity index (χ3v) is 2.78. The van der Waals surface area contributed by atoms with Crippen LogP contribution in [0, 0.1) is 0 Å². The highest BCUT2D eigenvalue weighted by atomic mass is 79.9. The molecule has 1 unspecified atom stereocenters. The van der Waals surface area contributed by atoms with Crippen molar-refractivity contribution in [2.75, 3.05) is 11.9 Å². The maximum Gasteiger partial charge on any atom is 0.573 e. The Morgan fingerprint density at radius 2 is 2.10 bits per heavy atom. The van der Waals surface area contributed by atoms with Gasteiger partial charge in [-0.2, -0.15) is 0 Å². The van der Waals surface area contributed by atoms with Gasteiger partial charge < -0.3 is 15.4 Å². The zero-order valence-electron chi connectivity index (χ0n) is 10.8. The molecule has 0 aliphatic carbocycles. The number of anilines is 1. The smallest absolute Gasteiger partial charge is 0.404 e. The number of rotatable bonds is 5. The molecule has 1 atom stereocenters. The molecule has 0 aliphatic heterocycles. The molecule has 2 N–H and O–H groups in total. The summed E-state index contributed by atoms with van der Waals surface area (Å²) in [5, 5.41) is 5.26. The lowest BCUT2D eigenvalue weighted by atomic mass is 10.2. The van der Waals surface area contributed by atoms with E-state index in [-0.39, 0.29) is 11.6 Å². The van der Waals surface area contributed by atoms with Crippen LogP contribution in [0.3, 0.4) is 0 Å². The van der Waals surface area contributed by atoms with Crippen molar-refractivity contribution >= 4 is 27.5 Å². The fourth-order valence-corrected chi connectivity index (χ4v) is 1.79. The summed E-state index contributed by atoms with van der Waals surface area (Å²) in [5.41, 5.74) is 0.0873. The van der Waals surface area contributed by atoms with Crippen LogP contribution in [-0.2, 0) is 4.79 Å². The van der Waals surface area contributed by atoms with Crippen molar-refractivity contribution < 1.29 is 22.7 Å². The number of benzene rings is 1. The van der Waals surface area contributed by atoms with Gasteiger partial charge in [0.1, 0.15) is 6.04 Å². The summed E-state index contributed by atoms with van der Waals surface area (Å²) in [5.74, 6) is -0.712. The van der Waals surface area contributed by atoms with Gasteiger partial charge in [-0.25, -0.2) is 0 Å². The fraction of sp³-hybridized carbons (Fsp3) is 0.417. The van der Waals surface area contributed by atoms with Crippen LogP contribution in [-0.4, -0.2) is 24.9 Å². The van der Waals surface area contributed by atoms with Crippen LogP contribution in [0.4, 0.5) is 18.9 Å². The van der Waals surface area contributed by atoms with Gasteiger partial charge in [-0.05, 0) is 32.0 Å². The summed E-state index contributed by atoms with van der Waals surface area (Å²) in [4.78, 5) is 11.6. The number of amides is 1. The van der Waals surface area contributed by atoms with Crippen molar-refractivity contribution in [2.24, 2.45) is 0 Å². The summed E-state index contributed by atoms with van der Waals surface area (Å²) in [6.07, 6.45) is -4.80. The fourth-order valence-electron chi connectivity index (χ4n) is 1.45. The molecule has 1 rings (SSSR count). The largest absolute Gasteiger partial charge is 0.573 e. The number of carbonyl (C=O) groups is 1. The van der Waals surface area contributed by atoms with Crippen molar-refractivity contribution in [1.82, 2.24) is 5.32 Å². The van der Waals surface area contributed by atoms with E-state index in [2.05, 4.69) is 31.3 Å². The Hall–Kier alpha value is -1.44. The lowest BCUT2D eigenvalue weighted by Crippen LogP contribution is -2.37. The van der Waals surface area contributed by atoms with E-state index in [1.165, 1.54) is 12.1 Å². The van der Waals surface area contributed by atoms with E-state index >= 15 is 0 Å². The van der Waals surface area contributed by atoms with Gasteiger partial charge in [0.25, 0.3) is 0 Å². The second-order valence-corrected chi connectivity index (χ2v) is 4.86. The highest BCUT2D eigenvalue weighted by Gasteiger charge is 2.32. The monoisotopic (exact) mass is 354 g/mol. The number of hydrogen-bond acceptors (Lipinski definition) is 3. The number of likely N-dealkylation sites (N-methyl/N-ethyl adjacent to an activating group) is 1. The lowest BCUT2D eigenvalue weighted by Gasteiger charge is -2.18. The second kappa shape index (κ2) is 6.83. The van der Waals surface area contributed by atoms with E-state index in [0.717, 1.165) is 0 Å². The number of ether oxygens (including phenoxy) is 1. The van der Waals surface area contributed by atoms with Crippen molar-refractivity contribution in [1.29, 1.82) is 0 Å². The van der Waals surface area contributed by atoms with Crippen LogP contribution < -0.4 is 15.4 Å². The Kier molecular flexibility index (Phi) is 5.67. The summed E-state index contributed by atoms with van der Waals surface area (Å²) in [7, 11) is 0. The minimum Gasteiger partial charge on any atom is -0.404 e. The molecule has 0 spiro atoms. The van der Waals surface area contributed by atoms with Gasteiger partial charge in [0.15, 0.2) is 5.75 Å². The van der Waals surface area contributed by atoms with Crippen LogP contribution in [0.2, 0.25) is 0 Å². The first-order valence-corrected chi connectivity index (χ1v) is 6.61. The third kappa shape index (κ3) is 5.28. The number of halogens is 4. The Bertz CT molecular complexity index is 480. The normalized spacial score (nSPS) is 12.7. The maximum atomic E-state index is 12.3. The molecule has 0 heterocycles. The topological polar surface area (TPSA) is 50.4 Å². The highest BCUT2D eigenvalue weighted by Crippen LogP contribution is 2.33. The molecule has 0 saturated carbocycles. The van der Waals surface area contributed by atoms with Gasteiger partial charge in [-0.3, -0.25) is 4.79 Å². The molecule has 0 saturated heterocycles. The van der Waals surface area contributed by atoms with Crippen molar-refractivity contribution in [3.05, 3.63) is 22.7 Å². The molecule has 4 nitrogen and oxygen atoms in total. The van der Waals surface area contributed by atoms with E-state index in [0.29, 0.717) is 11.0 Å². The van der Waals surface area contributed by atoms with Crippen LogP contribution in [0.1, 0.15) is 13.8 Å². The first-order valence-electron chi connectivity index (χ1n) is 5.82. The average molecular weight is 355 g/mol. The standard InChI is InChI=1S/C12H14BrF3N2O2/c1-3-17-11(19)7(2)18-9-5-4-8(13)6-10(9)20-12(14,15)16/h4-7,18H,3H2,1-2H3,(H,17,19). The molecule has 0 bridgehead atoms. The van der Waals surface area contributed by atoms with Crippen molar-refractivity contribution in [3.8, 4) is 5.75 Å². The minimum atomic E-state index is -4.80. The zero-order chi connectivity index (χ0) is 15.3. The number of nitrogens with one attached hydrogen (secondary N) is 2. The van der Waals surface area contributed by atoms with Crippen molar-refractivity contribution in [3.63, 3.8) is 0 Å². The molecule has 0 radical (unpaired) electrons. The second-order valence-electron chi connectivity index (χ2n) is 3.95. The Balaban J connectivity index is 2.91. The molecule has 0 aromatic heterocycles. The molecular formula is C12H14BrF3N2O2. The first kappa shape index (κ1) is 16.6. The quantitative estimate of drug-likeness (QED) is 0.852. The number of hydrogen-bond donors (Lipinski definition) is 2. The first-order chi connectivity index (χ1) is 9.23. The zero-order valence-corrected chi connectivity index (χ0v) is 12.4.